The van der Waals surface area contributed by atoms with Crippen molar-refractivity contribution in [1.82, 2.24) is 15.5 Å². The van der Waals surface area contributed by atoms with Crippen molar-refractivity contribution in [3.8, 4) is 5.75 Å². The summed E-state index contributed by atoms with van der Waals surface area (Å²) in [5, 5.41) is 6.15. The number of halogens is 1. The molecular formula is C23H30ClN3O3. The van der Waals surface area contributed by atoms with Gasteiger partial charge in [-0.05, 0) is 62.2 Å². The maximum atomic E-state index is 13.3. The third kappa shape index (κ3) is 5.97. The summed E-state index contributed by atoms with van der Waals surface area (Å²) in [6, 6.07) is 15.6. The van der Waals surface area contributed by atoms with E-state index in [1.54, 1.807) is 31.4 Å². The van der Waals surface area contributed by atoms with Crippen LogP contribution >= 0.6 is 12.4 Å². The molecule has 2 aromatic carbocycles. The largest absolute Gasteiger partial charge is 0.497 e. The first-order chi connectivity index (χ1) is 14.1. The first kappa shape index (κ1) is 23.7. The van der Waals surface area contributed by atoms with Gasteiger partial charge in [0.2, 0.25) is 5.91 Å². The standard InChI is InChI=1S/C23H29N3O3.ClH/c1-24-16-17-12-14-26(15-13-17)23(28)21(18-6-4-3-5-7-18)25-22(27)19-8-10-20(29-2)11-9-19;/h3-11,17,21,24H,12-16H2,1-2H3,(H,25,27);1H. The molecule has 30 heavy (non-hydrogen) atoms. The highest BCUT2D eigenvalue weighted by Crippen LogP contribution is 2.22. The molecule has 0 radical (unpaired) electrons. The van der Waals surface area contributed by atoms with Crippen molar-refractivity contribution in [3.63, 3.8) is 0 Å². The van der Waals surface area contributed by atoms with Crippen molar-refractivity contribution >= 4 is 24.2 Å². The first-order valence-electron chi connectivity index (χ1n) is 10.1. The normalized spacial score (nSPS) is 15.1. The van der Waals surface area contributed by atoms with E-state index in [4.69, 9.17) is 4.74 Å². The molecule has 0 aliphatic carbocycles. The summed E-state index contributed by atoms with van der Waals surface area (Å²) in [7, 11) is 3.54. The maximum Gasteiger partial charge on any atom is 0.252 e. The Kier molecular flexibility index (Phi) is 9.15. The summed E-state index contributed by atoms with van der Waals surface area (Å²) in [5.74, 6) is 0.940. The minimum atomic E-state index is -0.702. The molecule has 6 nitrogen and oxygen atoms in total. The molecule has 2 N–H and O–H groups in total. The van der Waals surface area contributed by atoms with E-state index in [0.29, 0.717) is 30.3 Å². The number of piperidine rings is 1. The molecule has 1 atom stereocenters. The highest BCUT2D eigenvalue weighted by atomic mass is 35.5. The molecule has 0 aromatic heterocycles. The van der Waals surface area contributed by atoms with Crippen molar-refractivity contribution in [2.45, 2.75) is 18.9 Å². The molecular weight excluding hydrogens is 402 g/mol. The van der Waals surface area contributed by atoms with Crippen LogP contribution in [0.25, 0.3) is 0 Å². The average Bonchev–Trinajstić information content (AvgIpc) is 2.78. The highest BCUT2D eigenvalue weighted by Gasteiger charge is 2.30. The van der Waals surface area contributed by atoms with Crippen molar-refractivity contribution in [2.24, 2.45) is 5.92 Å². The van der Waals surface area contributed by atoms with Crippen LogP contribution < -0.4 is 15.4 Å². The topological polar surface area (TPSA) is 70.7 Å². The predicted octanol–water partition coefficient (Wildman–Crippen LogP) is 3.05. The van der Waals surface area contributed by atoms with Gasteiger partial charge in [-0.1, -0.05) is 30.3 Å². The van der Waals surface area contributed by atoms with Gasteiger partial charge in [0.15, 0.2) is 0 Å². The summed E-state index contributed by atoms with van der Waals surface area (Å²) in [6.07, 6.45) is 1.95. The Morgan fingerprint density at radius 2 is 1.70 bits per heavy atom. The number of hydrogen-bond acceptors (Lipinski definition) is 4. The van der Waals surface area contributed by atoms with Crippen LogP contribution in [0.1, 0.15) is 34.8 Å². The van der Waals surface area contributed by atoms with Crippen molar-refractivity contribution in [2.75, 3.05) is 33.8 Å². The van der Waals surface area contributed by atoms with Gasteiger partial charge in [0.25, 0.3) is 5.91 Å². The summed E-state index contributed by atoms with van der Waals surface area (Å²) in [6.45, 7) is 2.40. The second-order valence-corrected chi connectivity index (χ2v) is 7.37. The number of benzene rings is 2. The maximum absolute atomic E-state index is 13.3. The number of hydrogen-bond donors (Lipinski definition) is 2. The van der Waals surface area contributed by atoms with E-state index in [1.165, 1.54) is 0 Å². The average molecular weight is 432 g/mol. The zero-order valence-electron chi connectivity index (χ0n) is 17.5. The molecule has 1 unspecified atom stereocenters. The lowest BCUT2D eigenvalue weighted by Crippen LogP contribution is -2.46. The summed E-state index contributed by atoms with van der Waals surface area (Å²) in [4.78, 5) is 28.0. The first-order valence-corrected chi connectivity index (χ1v) is 10.1. The van der Waals surface area contributed by atoms with Gasteiger partial charge in [-0.25, -0.2) is 0 Å². The zero-order valence-corrected chi connectivity index (χ0v) is 18.3. The van der Waals surface area contributed by atoms with E-state index in [-0.39, 0.29) is 24.2 Å². The summed E-state index contributed by atoms with van der Waals surface area (Å²) < 4.78 is 5.15. The number of methoxy groups -OCH3 is 1. The SMILES string of the molecule is CNCC1CCN(C(=O)C(NC(=O)c2ccc(OC)cc2)c2ccccc2)CC1.Cl. The molecule has 2 amide bonds. The third-order valence-corrected chi connectivity index (χ3v) is 5.43. The van der Waals surface area contributed by atoms with Crippen LogP contribution in [-0.4, -0.2) is 50.5 Å². The van der Waals surface area contributed by atoms with Gasteiger partial charge in [-0.2, -0.15) is 0 Å². The lowest BCUT2D eigenvalue weighted by Gasteiger charge is -2.34. The van der Waals surface area contributed by atoms with Gasteiger partial charge in [0, 0.05) is 18.7 Å². The van der Waals surface area contributed by atoms with Crippen molar-refractivity contribution in [1.29, 1.82) is 0 Å². The predicted molar refractivity (Wildman–Crippen MR) is 120 cm³/mol. The van der Waals surface area contributed by atoms with Crippen LogP contribution in [0.5, 0.6) is 5.75 Å². The monoisotopic (exact) mass is 431 g/mol. The van der Waals surface area contributed by atoms with Crippen LogP contribution in [0.3, 0.4) is 0 Å². The quantitative estimate of drug-likeness (QED) is 0.706. The number of nitrogens with one attached hydrogen (secondary N) is 2. The molecule has 2 aromatic rings. The molecule has 0 bridgehead atoms. The number of carbonyl (C=O) groups is 2. The van der Waals surface area contributed by atoms with Crippen LogP contribution in [0.4, 0.5) is 0 Å². The second kappa shape index (κ2) is 11.6. The van der Waals surface area contributed by atoms with E-state index in [9.17, 15) is 9.59 Å². The number of ether oxygens (including phenoxy) is 1. The number of likely N-dealkylation sites (tertiary alicyclic amines) is 1. The molecule has 162 valence electrons. The molecule has 0 spiro atoms. The lowest BCUT2D eigenvalue weighted by atomic mass is 9.95. The van der Waals surface area contributed by atoms with E-state index < -0.39 is 6.04 Å². The molecule has 7 heteroatoms. The molecule has 3 rings (SSSR count). The molecule has 1 aliphatic heterocycles. The second-order valence-electron chi connectivity index (χ2n) is 7.37. The summed E-state index contributed by atoms with van der Waals surface area (Å²) in [5.41, 5.74) is 1.28. The summed E-state index contributed by atoms with van der Waals surface area (Å²) >= 11 is 0. The molecule has 0 saturated carbocycles. The van der Waals surface area contributed by atoms with Crippen LogP contribution in [0, 0.1) is 5.92 Å². The van der Waals surface area contributed by atoms with Crippen molar-refractivity contribution in [3.05, 3.63) is 65.7 Å². The van der Waals surface area contributed by atoms with Gasteiger partial charge >= 0.3 is 0 Å². The third-order valence-electron chi connectivity index (χ3n) is 5.43. The minimum Gasteiger partial charge on any atom is -0.497 e. The number of amides is 2. The van der Waals surface area contributed by atoms with E-state index >= 15 is 0 Å². The van der Waals surface area contributed by atoms with Gasteiger partial charge < -0.3 is 20.3 Å². The fraction of sp³-hybridized carbons (Fsp3) is 0.391. The number of nitrogens with zero attached hydrogens (tertiary/aromatic N) is 1. The molecule has 1 aliphatic rings. The van der Waals surface area contributed by atoms with Gasteiger partial charge in [0.1, 0.15) is 11.8 Å². The fourth-order valence-electron chi connectivity index (χ4n) is 3.72. The van der Waals surface area contributed by atoms with Gasteiger partial charge in [-0.15, -0.1) is 12.4 Å². The van der Waals surface area contributed by atoms with E-state index in [0.717, 1.165) is 24.9 Å². The molecule has 1 saturated heterocycles. The Morgan fingerprint density at radius 1 is 1.07 bits per heavy atom. The number of rotatable bonds is 7. The molecule has 1 heterocycles. The molecule has 1 fully saturated rings. The highest BCUT2D eigenvalue weighted by molar-refractivity contribution is 5.98. The Bertz CT molecular complexity index is 806. The zero-order chi connectivity index (χ0) is 20.6. The Balaban J connectivity index is 0.00000320. The van der Waals surface area contributed by atoms with Crippen molar-refractivity contribution < 1.29 is 14.3 Å². The fourth-order valence-corrected chi connectivity index (χ4v) is 3.72. The Hall–Kier alpha value is -2.57. The van der Waals surface area contributed by atoms with E-state index in [2.05, 4.69) is 10.6 Å². The van der Waals surface area contributed by atoms with Crippen LogP contribution in [0.2, 0.25) is 0 Å². The van der Waals surface area contributed by atoms with E-state index in [1.807, 2.05) is 42.3 Å². The Labute approximate surface area is 184 Å². The van der Waals surface area contributed by atoms with Crippen LogP contribution in [0.15, 0.2) is 54.6 Å². The van der Waals surface area contributed by atoms with Gasteiger partial charge in [-0.3, -0.25) is 9.59 Å². The minimum absolute atomic E-state index is 0. The lowest BCUT2D eigenvalue weighted by molar-refractivity contribution is -0.134. The number of carbonyl (C=O) groups excluding carboxylic acids is 2. The van der Waals surface area contributed by atoms with Gasteiger partial charge in [0.05, 0.1) is 7.11 Å². The smallest absolute Gasteiger partial charge is 0.252 e. The van der Waals surface area contributed by atoms with Crippen LogP contribution in [-0.2, 0) is 4.79 Å². The Morgan fingerprint density at radius 3 is 2.27 bits per heavy atom.